The van der Waals surface area contributed by atoms with Gasteiger partial charge in [0.15, 0.2) is 5.82 Å². The Bertz CT molecular complexity index is 666. The topological polar surface area (TPSA) is 72.1 Å². The molecule has 0 radical (unpaired) electrons. The molecule has 6 heteroatoms. The molecule has 1 aliphatic heterocycles. The largest absolute Gasteiger partial charge is 0.337 e. The summed E-state index contributed by atoms with van der Waals surface area (Å²) in [6.07, 6.45) is 8.53. The standard InChI is InChI=1S/C16H18N4O2/c21-16(12-6-8-17-9-7-12)20-10-2-1-3-13(20)15-18-14(19-22-15)11-4-5-11/h6-9,11,13H,1-5,10H2/t13-/m1/s1. The summed E-state index contributed by atoms with van der Waals surface area (Å²) >= 11 is 0. The lowest BCUT2D eigenvalue weighted by molar-refractivity contribution is 0.0561. The van der Waals surface area contributed by atoms with Gasteiger partial charge in [0.2, 0.25) is 5.89 Å². The number of carbonyl (C=O) groups excluding carboxylic acids is 1. The number of amides is 1. The Labute approximate surface area is 128 Å². The van der Waals surface area contributed by atoms with E-state index in [1.165, 1.54) is 0 Å². The lowest BCUT2D eigenvalue weighted by Crippen LogP contribution is -2.38. The third-order valence-corrected chi connectivity index (χ3v) is 4.38. The number of hydrogen-bond acceptors (Lipinski definition) is 5. The van der Waals surface area contributed by atoms with Gasteiger partial charge >= 0.3 is 0 Å². The van der Waals surface area contributed by atoms with Crippen LogP contribution in [0.2, 0.25) is 0 Å². The first kappa shape index (κ1) is 13.4. The van der Waals surface area contributed by atoms with Crippen LogP contribution in [0.3, 0.4) is 0 Å². The lowest BCUT2D eigenvalue weighted by atomic mass is 10.0. The maximum absolute atomic E-state index is 12.7. The molecule has 1 saturated carbocycles. The summed E-state index contributed by atoms with van der Waals surface area (Å²) < 4.78 is 5.45. The van der Waals surface area contributed by atoms with Crippen molar-refractivity contribution in [2.75, 3.05) is 6.54 Å². The second-order valence-electron chi connectivity index (χ2n) is 6.01. The minimum Gasteiger partial charge on any atom is -0.337 e. The van der Waals surface area contributed by atoms with Gasteiger partial charge < -0.3 is 9.42 Å². The van der Waals surface area contributed by atoms with Crippen molar-refractivity contribution >= 4 is 5.91 Å². The second kappa shape index (κ2) is 5.51. The first-order valence-corrected chi connectivity index (χ1v) is 7.87. The van der Waals surface area contributed by atoms with E-state index in [-0.39, 0.29) is 11.9 Å². The summed E-state index contributed by atoms with van der Waals surface area (Å²) in [5, 5.41) is 4.09. The highest BCUT2D eigenvalue weighted by molar-refractivity contribution is 5.94. The fraction of sp³-hybridized carbons (Fsp3) is 0.500. The van der Waals surface area contributed by atoms with E-state index in [0.717, 1.165) is 44.5 Å². The van der Waals surface area contributed by atoms with Crippen LogP contribution in [-0.4, -0.2) is 32.5 Å². The van der Waals surface area contributed by atoms with Crippen LogP contribution in [-0.2, 0) is 0 Å². The predicted molar refractivity (Wildman–Crippen MR) is 78.1 cm³/mol. The lowest BCUT2D eigenvalue weighted by Gasteiger charge is -2.33. The van der Waals surface area contributed by atoms with Crippen LogP contribution in [0.15, 0.2) is 29.0 Å². The Balaban J connectivity index is 1.59. The molecule has 0 N–H and O–H groups in total. The minimum atomic E-state index is -0.102. The van der Waals surface area contributed by atoms with Crippen molar-refractivity contribution in [3.05, 3.63) is 41.8 Å². The molecule has 2 fully saturated rings. The highest BCUT2D eigenvalue weighted by Crippen LogP contribution is 2.39. The van der Waals surface area contributed by atoms with E-state index < -0.39 is 0 Å². The summed E-state index contributed by atoms with van der Waals surface area (Å²) in [5.74, 6) is 1.87. The molecule has 2 aromatic rings. The van der Waals surface area contributed by atoms with Gasteiger partial charge in [-0.25, -0.2) is 0 Å². The van der Waals surface area contributed by atoms with Crippen LogP contribution in [0.4, 0.5) is 0 Å². The molecule has 6 nitrogen and oxygen atoms in total. The molecule has 3 heterocycles. The van der Waals surface area contributed by atoms with Gasteiger partial charge in [0.05, 0.1) is 0 Å². The molecule has 0 unspecified atom stereocenters. The number of piperidine rings is 1. The second-order valence-corrected chi connectivity index (χ2v) is 6.01. The van der Waals surface area contributed by atoms with Gasteiger partial charge in [-0.05, 0) is 44.2 Å². The number of rotatable bonds is 3. The monoisotopic (exact) mass is 298 g/mol. The van der Waals surface area contributed by atoms with Crippen LogP contribution in [0.5, 0.6) is 0 Å². The number of nitrogens with zero attached hydrogens (tertiary/aromatic N) is 4. The van der Waals surface area contributed by atoms with Gasteiger partial charge in [-0.2, -0.15) is 4.98 Å². The Morgan fingerprint density at radius 3 is 2.77 bits per heavy atom. The maximum Gasteiger partial charge on any atom is 0.254 e. The molecule has 2 aliphatic rings. The first-order valence-electron chi connectivity index (χ1n) is 7.87. The molecule has 114 valence electrons. The average Bonchev–Trinajstić information content (AvgIpc) is 3.32. The number of aromatic nitrogens is 3. The van der Waals surface area contributed by atoms with Crippen LogP contribution < -0.4 is 0 Å². The number of likely N-dealkylation sites (tertiary alicyclic amines) is 1. The average molecular weight is 298 g/mol. The molecule has 22 heavy (non-hydrogen) atoms. The maximum atomic E-state index is 12.7. The van der Waals surface area contributed by atoms with Crippen molar-refractivity contribution in [3.8, 4) is 0 Å². The van der Waals surface area contributed by atoms with Crippen molar-refractivity contribution in [2.24, 2.45) is 0 Å². The smallest absolute Gasteiger partial charge is 0.254 e. The van der Waals surface area contributed by atoms with Gasteiger partial charge in [0, 0.05) is 30.4 Å². The third kappa shape index (κ3) is 2.49. The van der Waals surface area contributed by atoms with E-state index in [9.17, 15) is 4.79 Å². The Morgan fingerprint density at radius 1 is 1.18 bits per heavy atom. The van der Waals surface area contributed by atoms with Gasteiger partial charge in [-0.15, -0.1) is 0 Å². The van der Waals surface area contributed by atoms with E-state index in [1.807, 2.05) is 4.90 Å². The molecule has 1 amide bonds. The van der Waals surface area contributed by atoms with Crippen LogP contribution >= 0.6 is 0 Å². The van der Waals surface area contributed by atoms with Crippen LogP contribution in [0, 0.1) is 0 Å². The predicted octanol–water partition coefficient (Wildman–Crippen LogP) is 2.71. The van der Waals surface area contributed by atoms with E-state index in [2.05, 4.69) is 15.1 Å². The molecular formula is C16H18N4O2. The summed E-state index contributed by atoms with van der Waals surface area (Å²) in [5.41, 5.74) is 0.656. The molecule has 4 rings (SSSR count). The highest BCUT2D eigenvalue weighted by atomic mass is 16.5. The molecule has 0 aromatic carbocycles. The Kier molecular flexibility index (Phi) is 3.36. The van der Waals surface area contributed by atoms with E-state index in [0.29, 0.717) is 17.4 Å². The summed E-state index contributed by atoms with van der Waals surface area (Å²) in [6, 6.07) is 3.39. The summed E-state index contributed by atoms with van der Waals surface area (Å²) in [4.78, 5) is 23.1. The van der Waals surface area contributed by atoms with E-state index in [4.69, 9.17) is 4.52 Å². The zero-order valence-corrected chi connectivity index (χ0v) is 12.3. The molecule has 0 bridgehead atoms. The molecule has 2 aromatic heterocycles. The Hall–Kier alpha value is -2.24. The van der Waals surface area contributed by atoms with Crippen LogP contribution in [0.25, 0.3) is 0 Å². The van der Waals surface area contributed by atoms with Crippen LogP contribution in [0.1, 0.15) is 66.1 Å². The number of pyridine rings is 1. The summed E-state index contributed by atoms with van der Waals surface area (Å²) in [7, 11) is 0. The van der Waals surface area contributed by atoms with Gasteiger partial charge in [-0.3, -0.25) is 9.78 Å². The van der Waals surface area contributed by atoms with Crippen molar-refractivity contribution in [1.82, 2.24) is 20.0 Å². The van der Waals surface area contributed by atoms with Gasteiger partial charge in [0.25, 0.3) is 5.91 Å². The number of hydrogen-bond donors (Lipinski definition) is 0. The fourth-order valence-electron chi connectivity index (χ4n) is 2.98. The normalized spacial score (nSPS) is 21.8. The third-order valence-electron chi connectivity index (χ3n) is 4.38. The molecular weight excluding hydrogens is 280 g/mol. The van der Waals surface area contributed by atoms with Crippen molar-refractivity contribution in [2.45, 2.75) is 44.1 Å². The van der Waals surface area contributed by atoms with Crippen molar-refractivity contribution in [3.63, 3.8) is 0 Å². The van der Waals surface area contributed by atoms with E-state index in [1.54, 1.807) is 24.5 Å². The molecule has 1 atom stereocenters. The van der Waals surface area contributed by atoms with Gasteiger partial charge in [-0.1, -0.05) is 5.16 Å². The zero-order valence-electron chi connectivity index (χ0n) is 12.3. The van der Waals surface area contributed by atoms with Gasteiger partial charge in [0.1, 0.15) is 6.04 Å². The van der Waals surface area contributed by atoms with Crippen molar-refractivity contribution < 1.29 is 9.32 Å². The quantitative estimate of drug-likeness (QED) is 0.871. The van der Waals surface area contributed by atoms with Crippen molar-refractivity contribution in [1.29, 1.82) is 0 Å². The minimum absolute atomic E-state index is 0.0123. The molecule has 1 aliphatic carbocycles. The Morgan fingerprint density at radius 2 is 2.00 bits per heavy atom. The fourth-order valence-corrected chi connectivity index (χ4v) is 2.98. The summed E-state index contributed by atoms with van der Waals surface area (Å²) in [6.45, 7) is 0.729. The van der Waals surface area contributed by atoms with E-state index >= 15 is 0 Å². The highest BCUT2D eigenvalue weighted by Gasteiger charge is 2.35. The molecule has 0 spiro atoms. The SMILES string of the molecule is O=C(c1ccncc1)N1CCCC[C@@H]1c1nc(C2CC2)no1. The molecule has 1 saturated heterocycles. The first-order chi connectivity index (χ1) is 10.8. The number of carbonyl (C=O) groups is 1. The zero-order chi connectivity index (χ0) is 14.9.